The van der Waals surface area contributed by atoms with Gasteiger partial charge in [0.05, 0.1) is 22.4 Å². The quantitative estimate of drug-likeness (QED) is 0.165. The molecule has 0 aliphatic rings. The Bertz CT molecular complexity index is 2890. The van der Waals surface area contributed by atoms with Crippen LogP contribution < -0.4 is 4.90 Å². The largest absolute Gasteiger partial charge is 0.455 e. The maximum atomic E-state index is 6.80. The maximum absolute atomic E-state index is 6.80. The minimum atomic E-state index is 0.871. The summed E-state index contributed by atoms with van der Waals surface area (Å²) in [5, 5.41) is 7.02. The molecule has 0 amide bonds. The lowest BCUT2D eigenvalue weighted by molar-refractivity contribution is 0.670. The third kappa shape index (κ3) is 4.96. The molecule has 0 aliphatic heterocycles. The topological polar surface area (TPSA) is 16.4 Å². The van der Waals surface area contributed by atoms with Gasteiger partial charge < -0.3 is 9.32 Å². The molecule has 0 aliphatic carbocycles. The van der Waals surface area contributed by atoms with Crippen LogP contribution in [0.2, 0.25) is 0 Å². The predicted molar refractivity (Wildman–Crippen MR) is 220 cm³/mol. The smallest absolute Gasteiger partial charge is 0.145 e. The molecule has 0 radical (unpaired) electrons. The molecule has 1 aromatic heterocycles. The summed E-state index contributed by atoms with van der Waals surface area (Å²) < 4.78 is 6.80. The number of rotatable bonds is 6. The molecule has 0 bridgehead atoms. The highest BCUT2D eigenvalue weighted by molar-refractivity contribution is 6.20. The van der Waals surface area contributed by atoms with Gasteiger partial charge in [-0.1, -0.05) is 170 Å². The number of furan rings is 1. The lowest BCUT2D eigenvalue weighted by Gasteiger charge is -2.30. The lowest BCUT2D eigenvalue weighted by Crippen LogP contribution is -2.12. The molecule has 0 N–H and O–H groups in total. The van der Waals surface area contributed by atoms with E-state index in [1.807, 2.05) is 0 Å². The summed E-state index contributed by atoms with van der Waals surface area (Å²) in [5.41, 5.74) is 11.9. The standard InChI is InChI=1S/C50H33NO/c1-3-15-34(16-4-1)35-27-29-37(30-28-35)40-21-11-13-25-45(40)51(47-33-38-19-7-8-20-39(38)42-22-9-10-23-43(42)47)46-32-31-41(36-17-5-2-6-18-36)50-49(46)44-24-12-14-26-48(44)52-50/h1-33H. The van der Waals surface area contributed by atoms with Crippen molar-refractivity contribution in [2.75, 3.05) is 4.90 Å². The minimum Gasteiger partial charge on any atom is -0.455 e. The van der Waals surface area contributed by atoms with Gasteiger partial charge in [-0.2, -0.15) is 0 Å². The molecule has 0 spiro atoms. The normalized spacial score (nSPS) is 11.5. The van der Waals surface area contributed by atoms with E-state index in [0.717, 1.165) is 61.3 Å². The van der Waals surface area contributed by atoms with Gasteiger partial charge in [0, 0.05) is 21.9 Å². The molecular weight excluding hydrogens is 631 g/mol. The van der Waals surface area contributed by atoms with Crippen LogP contribution in [0.25, 0.3) is 76.9 Å². The highest BCUT2D eigenvalue weighted by Gasteiger charge is 2.25. The number of fused-ring (bicyclic) bond motifs is 6. The molecule has 0 fully saturated rings. The Hall–Kier alpha value is -6.90. The molecule has 0 saturated heterocycles. The van der Waals surface area contributed by atoms with Crippen molar-refractivity contribution in [3.63, 3.8) is 0 Å². The van der Waals surface area contributed by atoms with Crippen molar-refractivity contribution < 1.29 is 4.42 Å². The summed E-state index contributed by atoms with van der Waals surface area (Å²) in [6.07, 6.45) is 0. The van der Waals surface area contributed by atoms with Gasteiger partial charge in [0.15, 0.2) is 0 Å². The van der Waals surface area contributed by atoms with Crippen LogP contribution in [0.1, 0.15) is 0 Å². The number of hydrogen-bond donors (Lipinski definition) is 0. The zero-order valence-electron chi connectivity index (χ0n) is 28.4. The summed E-state index contributed by atoms with van der Waals surface area (Å²) in [7, 11) is 0. The van der Waals surface area contributed by atoms with E-state index in [-0.39, 0.29) is 0 Å². The monoisotopic (exact) mass is 663 g/mol. The van der Waals surface area contributed by atoms with Crippen molar-refractivity contribution in [2.24, 2.45) is 0 Å². The van der Waals surface area contributed by atoms with Crippen molar-refractivity contribution in [1.29, 1.82) is 0 Å². The molecule has 0 saturated carbocycles. The summed E-state index contributed by atoms with van der Waals surface area (Å²) in [6, 6.07) is 71.6. The first-order valence-electron chi connectivity index (χ1n) is 17.8. The van der Waals surface area contributed by atoms with E-state index in [1.165, 1.54) is 32.7 Å². The molecule has 10 aromatic rings. The van der Waals surface area contributed by atoms with Gasteiger partial charge in [-0.15, -0.1) is 0 Å². The van der Waals surface area contributed by atoms with Crippen molar-refractivity contribution in [2.45, 2.75) is 0 Å². The van der Waals surface area contributed by atoms with E-state index in [9.17, 15) is 0 Å². The van der Waals surface area contributed by atoms with E-state index in [4.69, 9.17) is 4.42 Å². The van der Waals surface area contributed by atoms with Crippen molar-refractivity contribution in [3.05, 3.63) is 200 Å². The van der Waals surface area contributed by atoms with Gasteiger partial charge in [0.2, 0.25) is 0 Å². The van der Waals surface area contributed by atoms with Crippen molar-refractivity contribution >= 4 is 60.5 Å². The maximum Gasteiger partial charge on any atom is 0.145 e. The van der Waals surface area contributed by atoms with Crippen LogP contribution in [0, 0.1) is 0 Å². The van der Waals surface area contributed by atoms with E-state index in [0.29, 0.717) is 0 Å². The Balaban J connectivity index is 1.29. The summed E-state index contributed by atoms with van der Waals surface area (Å²) in [5.74, 6) is 0. The molecule has 9 aromatic carbocycles. The first-order chi connectivity index (χ1) is 25.8. The Morgan fingerprint density at radius 1 is 0.327 bits per heavy atom. The SMILES string of the molecule is c1ccc(-c2ccc(-c3ccccc3N(c3cc4ccccc4c4ccccc34)c3ccc(-c4ccccc4)c4oc5ccccc5c34)cc2)cc1. The molecule has 244 valence electrons. The second-order valence-corrected chi connectivity index (χ2v) is 13.3. The fourth-order valence-corrected chi connectivity index (χ4v) is 7.84. The molecular formula is C50H33NO. The number of nitrogens with zero attached hydrogens (tertiary/aromatic N) is 1. The van der Waals surface area contributed by atoms with Crippen LogP contribution in [0.15, 0.2) is 205 Å². The molecule has 2 nitrogen and oxygen atoms in total. The van der Waals surface area contributed by atoms with Gasteiger partial charge in [0.25, 0.3) is 0 Å². The highest BCUT2D eigenvalue weighted by atomic mass is 16.3. The van der Waals surface area contributed by atoms with E-state index >= 15 is 0 Å². The van der Waals surface area contributed by atoms with Gasteiger partial charge in [-0.05, 0) is 68.7 Å². The second kappa shape index (κ2) is 12.5. The summed E-state index contributed by atoms with van der Waals surface area (Å²) >= 11 is 0. The lowest BCUT2D eigenvalue weighted by atomic mass is 9.95. The van der Waals surface area contributed by atoms with Crippen LogP contribution in [0.4, 0.5) is 17.1 Å². The second-order valence-electron chi connectivity index (χ2n) is 13.3. The van der Waals surface area contributed by atoms with Crippen LogP contribution in [-0.4, -0.2) is 0 Å². The highest BCUT2D eigenvalue weighted by Crippen LogP contribution is 2.50. The Kier molecular flexibility index (Phi) is 7.18. The van der Waals surface area contributed by atoms with Crippen molar-refractivity contribution in [1.82, 2.24) is 0 Å². The average Bonchev–Trinajstić information content (AvgIpc) is 3.62. The first-order valence-corrected chi connectivity index (χ1v) is 17.8. The number of benzene rings is 9. The van der Waals surface area contributed by atoms with Gasteiger partial charge in [0.1, 0.15) is 11.2 Å². The third-order valence-corrected chi connectivity index (χ3v) is 10.3. The fourth-order valence-electron chi connectivity index (χ4n) is 7.84. The number of para-hydroxylation sites is 2. The molecule has 0 atom stereocenters. The van der Waals surface area contributed by atoms with Gasteiger partial charge in [-0.3, -0.25) is 0 Å². The molecule has 2 heteroatoms. The predicted octanol–water partition coefficient (Wildman–Crippen LogP) is 14.4. The van der Waals surface area contributed by atoms with Crippen LogP contribution in [0.3, 0.4) is 0 Å². The van der Waals surface area contributed by atoms with Crippen LogP contribution >= 0.6 is 0 Å². The molecule has 0 unspecified atom stereocenters. The Labute approximate surface area is 302 Å². The number of anilines is 3. The number of hydrogen-bond acceptors (Lipinski definition) is 2. The minimum absolute atomic E-state index is 0.871. The Morgan fingerprint density at radius 3 is 1.67 bits per heavy atom. The van der Waals surface area contributed by atoms with E-state index in [2.05, 4.69) is 205 Å². The van der Waals surface area contributed by atoms with Gasteiger partial charge >= 0.3 is 0 Å². The Morgan fingerprint density at radius 2 is 0.885 bits per heavy atom. The third-order valence-electron chi connectivity index (χ3n) is 10.3. The zero-order valence-corrected chi connectivity index (χ0v) is 28.4. The summed E-state index contributed by atoms with van der Waals surface area (Å²) in [6.45, 7) is 0. The molecule has 52 heavy (non-hydrogen) atoms. The van der Waals surface area contributed by atoms with Gasteiger partial charge in [-0.25, -0.2) is 0 Å². The van der Waals surface area contributed by atoms with E-state index in [1.54, 1.807) is 0 Å². The first kappa shape index (κ1) is 30.0. The summed E-state index contributed by atoms with van der Waals surface area (Å²) in [4.78, 5) is 2.47. The molecule has 1 heterocycles. The van der Waals surface area contributed by atoms with Crippen LogP contribution in [-0.2, 0) is 0 Å². The van der Waals surface area contributed by atoms with Crippen molar-refractivity contribution in [3.8, 4) is 33.4 Å². The van der Waals surface area contributed by atoms with E-state index < -0.39 is 0 Å². The van der Waals surface area contributed by atoms with Crippen LogP contribution in [0.5, 0.6) is 0 Å². The molecule has 10 rings (SSSR count). The average molecular weight is 664 g/mol. The fraction of sp³-hybridized carbons (Fsp3) is 0. The zero-order chi connectivity index (χ0) is 34.4.